The SMILES string of the molecule is COc1cccc(N)c1C(=O)NC1CCOC(C)(C)C1. The predicted octanol–water partition coefficient (Wildman–Crippen LogP) is 1.96. The maximum Gasteiger partial charge on any atom is 0.257 e. The number of ether oxygens (including phenoxy) is 2. The van der Waals surface area contributed by atoms with Crippen molar-refractivity contribution in [3.63, 3.8) is 0 Å². The number of nitrogens with two attached hydrogens (primary N) is 1. The molecule has 0 bridgehead atoms. The number of carbonyl (C=O) groups is 1. The molecule has 1 atom stereocenters. The van der Waals surface area contributed by atoms with Crippen molar-refractivity contribution in [2.24, 2.45) is 0 Å². The van der Waals surface area contributed by atoms with Gasteiger partial charge in [-0.3, -0.25) is 4.79 Å². The topological polar surface area (TPSA) is 73.6 Å². The van der Waals surface area contributed by atoms with Crippen LogP contribution in [0.1, 0.15) is 37.0 Å². The first-order valence-electron chi connectivity index (χ1n) is 6.80. The Bertz CT molecular complexity index is 500. The number of benzene rings is 1. The highest BCUT2D eigenvalue weighted by molar-refractivity contribution is 6.02. The normalized spacial score (nSPS) is 21.2. The molecular formula is C15H22N2O3. The van der Waals surface area contributed by atoms with Gasteiger partial charge in [-0.2, -0.15) is 0 Å². The summed E-state index contributed by atoms with van der Waals surface area (Å²) in [4.78, 5) is 12.4. The summed E-state index contributed by atoms with van der Waals surface area (Å²) in [6.07, 6.45) is 1.60. The predicted molar refractivity (Wildman–Crippen MR) is 77.9 cm³/mol. The standard InChI is InChI=1S/C15H22N2O3/c1-15(2)9-10(7-8-20-15)17-14(18)13-11(16)5-4-6-12(13)19-3/h4-6,10H,7-9,16H2,1-3H3,(H,17,18). The van der Waals surface area contributed by atoms with Gasteiger partial charge in [0.2, 0.25) is 0 Å². The van der Waals surface area contributed by atoms with Gasteiger partial charge in [-0.25, -0.2) is 0 Å². The zero-order valence-corrected chi connectivity index (χ0v) is 12.2. The third-order valence-electron chi connectivity index (χ3n) is 3.54. The van der Waals surface area contributed by atoms with E-state index in [0.29, 0.717) is 23.6 Å². The molecule has 1 aliphatic rings. The third kappa shape index (κ3) is 3.22. The van der Waals surface area contributed by atoms with Crippen LogP contribution in [0.4, 0.5) is 5.69 Å². The number of nitrogen functional groups attached to an aromatic ring is 1. The lowest BCUT2D eigenvalue weighted by molar-refractivity contribution is -0.0615. The van der Waals surface area contributed by atoms with Gasteiger partial charge in [-0.05, 0) is 38.8 Å². The van der Waals surface area contributed by atoms with E-state index in [9.17, 15) is 4.79 Å². The molecule has 1 amide bonds. The van der Waals surface area contributed by atoms with Gasteiger partial charge in [0, 0.05) is 18.3 Å². The summed E-state index contributed by atoms with van der Waals surface area (Å²) in [6, 6.07) is 5.29. The second-order valence-electron chi connectivity index (χ2n) is 5.70. The lowest BCUT2D eigenvalue weighted by Crippen LogP contribution is -2.46. The highest BCUT2D eigenvalue weighted by Crippen LogP contribution is 2.27. The molecule has 3 N–H and O–H groups in total. The Morgan fingerprint density at radius 3 is 2.90 bits per heavy atom. The lowest BCUT2D eigenvalue weighted by Gasteiger charge is -2.35. The molecule has 0 aromatic heterocycles. The zero-order chi connectivity index (χ0) is 14.8. The number of carbonyl (C=O) groups excluding carboxylic acids is 1. The van der Waals surface area contributed by atoms with Crippen LogP contribution >= 0.6 is 0 Å². The summed E-state index contributed by atoms with van der Waals surface area (Å²) in [6.45, 7) is 4.71. The van der Waals surface area contributed by atoms with Crippen molar-refractivity contribution in [3.8, 4) is 5.75 Å². The number of amides is 1. The molecular weight excluding hydrogens is 256 g/mol. The number of anilines is 1. The maximum atomic E-state index is 12.4. The first-order chi connectivity index (χ1) is 9.43. The number of methoxy groups -OCH3 is 1. The molecule has 1 unspecified atom stereocenters. The largest absolute Gasteiger partial charge is 0.496 e. The maximum absolute atomic E-state index is 12.4. The lowest BCUT2D eigenvalue weighted by atomic mass is 9.93. The van der Waals surface area contributed by atoms with E-state index < -0.39 is 0 Å². The van der Waals surface area contributed by atoms with Crippen molar-refractivity contribution in [1.29, 1.82) is 0 Å². The van der Waals surface area contributed by atoms with Gasteiger partial charge in [0.15, 0.2) is 0 Å². The van der Waals surface area contributed by atoms with Crippen LogP contribution in [0.2, 0.25) is 0 Å². The Balaban J connectivity index is 2.13. The van der Waals surface area contributed by atoms with E-state index in [1.807, 2.05) is 13.8 Å². The molecule has 1 aromatic rings. The fourth-order valence-corrected chi connectivity index (χ4v) is 2.57. The Kier molecular flexibility index (Phi) is 4.18. The molecule has 1 saturated heterocycles. The molecule has 1 aromatic carbocycles. The second-order valence-corrected chi connectivity index (χ2v) is 5.70. The minimum Gasteiger partial charge on any atom is -0.496 e. The summed E-state index contributed by atoms with van der Waals surface area (Å²) in [5, 5.41) is 3.03. The minimum absolute atomic E-state index is 0.0931. The molecule has 5 heteroatoms. The van der Waals surface area contributed by atoms with E-state index in [1.165, 1.54) is 7.11 Å². The van der Waals surface area contributed by atoms with Gasteiger partial charge in [0.05, 0.1) is 12.7 Å². The van der Waals surface area contributed by atoms with Crippen molar-refractivity contribution in [2.75, 3.05) is 19.5 Å². The van der Waals surface area contributed by atoms with Crippen LogP contribution in [0, 0.1) is 0 Å². The van der Waals surface area contributed by atoms with E-state index in [2.05, 4.69) is 5.32 Å². The summed E-state index contributed by atoms with van der Waals surface area (Å²) >= 11 is 0. The Morgan fingerprint density at radius 2 is 2.25 bits per heavy atom. The number of nitrogens with one attached hydrogen (secondary N) is 1. The molecule has 110 valence electrons. The van der Waals surface area contributed by atoms with E-state index in [0.717, 1.165) is 12.8 Å². The quantitative estimate of drug-likeness (QED) is 0.829. The molecule has 20 heavy (non-hydrogen) atoms. The van der Waals surface area contributed by atoms with Crippen LogP contribution in [0.25, 0.3) is 0 Å². The van der Waals surface area contributed by atoms with Gasteiger partial charge in [-0.15, -0.1) is 0 Å². The van der Waals surface area contributed by atoms with Gasteiger partial charge in [-0.1, -0.05) is 6.07 Å². The molecule has 0 spiro atoms. The van der Waals surface area contributed by atoms with Crippen LogP contribution in [0.5, 0.6) is 5.75 Å². The van der Waals surface area contributed by atoms with Gasteiger partial charge >= 0.3 is 0 Å². The summed E-state index contributed by atoms with van der Waals surface area (Å²) in [5.41, 5.74) is 6.51. The van der Waals surface area contributed by atoms with Crippen LogP contribution in [-0.4, -0.2) is 31.3 Å². The molecule has 0 aliphatic carbocycles. The van der Waals surface area contributed by atoms with Crippen LogP contribution in [0.3, 0.4) is 0 Å². The molecule has 5 nitrogen and oxygen atoms in total. The monoisotopic (exact) mass is 278 g/mol. The summed E-state index contributed by atoms with van der Waals surface area (Å²) < 4.78 is 10.9. The van der Waals surface area contributed by atoms with Crippen molar-refractivity contribution in [1.82, 2.24) is 5.32 Å². The van der Waals surface area contributed by atoms with Crippen LogP contribution in [0.15, 0.2) is 18.2 Å². The van der Waals surface area contributed by atoms with Crippen LogP contribution < -0.4 is 15.8 Å². The van der Waals surface area contributed by atoms with E-state index >= 15 is 0 Å². The highest BCUT2D eigenvalue weighted by atomic mass is 16.5. The molecule has 2 rings (SSSR count). The molecule has 1 aliphatic heterocycles. The highest BCUT2D eigenvalue weighted by Gasteiger charge is 2.30. The number of hydrogen-bond donors (Lipinski definition) is 2. The van der Waals surface area contributed by atoms with Gasteiger partial charge < -0.3 is 20.5 Å². The van der Waals surface area contributed by atoms with Gasteiger partial charge in [0.1, 0.15) is 11.3 Å². The first kappa shape index (κ1) is 14.7. The Labute approximate surface area is 119 Å². The van der Waals surface area contributed by atoms with E-state index in [4.69, 9.17) is 15.2 Å². The van der Waals surface area contributed by atoms with Crippen molar-refractivity contribution < 1.29 is 14.3 Å². The average molecular weight is 278 g/mol. The van der Waals surface area contributed by atoms with Crippen molar-refractivity contribution >= 4 is 11.6 Å². The first-order valence-corrected chi connectivity index (χ1v) is 6.80. The Hall–Kier alpha value is -1.75. The van der Waals surface area contributed by atoms with E-state index in [-0.39, 0.29) is 17.6 Å². The average Bonchev–Trinajstić information content (AvgIpc) is 2.36. The minimum atomic E-state index is -0.206. The Morgan fingerprint density at radius 1 is 1.50 bits per heavy atom. The summed E-state index contributed by atoms with van der Waals surface area (Å²) in [5.74, 6) is 0.302. The molecule has 1 fully saturated rings. The van der Waals surface area contributed by atoms with Crippen molar-refractivity contribution in [2.45, 2.75) is 38.3 Å². The molecule has 1 heterocycles. The fourth-order valence-electron chi connectivity index (χ4n) is 2.57. The smallest absolute Gasteiger partial charge is 0.257 e. The molecule has 0 saturated carbocycles. The zero-order valence-electron chi connectivity index (χ0n) is 12.2. The number of rotatable bonds is 3. The third-order valence-corrected chi connectivity index (χ3v) is 3.54. The van der Waals surface area contributed by atoms with Gasteiger partial charge in [0.25, 0.3) is 5.91 Å². The molecule has 0 radical (unpaired) electrons. The van der Waals surface area contributed by atoms with E-state index in [1.54, 1.807) is 18.2 Å². The van der Waals surface area contributed by atoms with Crippen LogP contribution in [-0.2, 0) is 4.74 Å². The number of hydrogen-bond acceptors (Lipinski definition) is 4. The summed E-state index contributed by atoms with van der Waals surface area (Å²) in [7, 11) is 1.53. The fraction of sp³-hybridized carbons (Fsp3) is 0.533. The second kappa shape index (κ2) is 5.71. The van der Waals surface area contributed by atoms with Crippen molar-refractivity contribution in [3.05, 3.63) is 23.8 Å².